The lowest BCUT2D eigenvalue weighted by Crippen LogP contribution is -2.48. The second-order valence-corrected chi connectivity index (χ2v) is 7.87. The summed E-state index contributed by atoms with van der Waals surface area (Å²) < 4.78 is 1.83. The van der Waals surface area contributed by atoms with Crippen LogP contribution in [-0.2, 0) is 4.79 Å². The van der Waals surface area contributed by atoms with E-state index in [9.17, 15) is 4.79 Å². The van der Waals surface area contributed by atoms with Crippen LogP contribution in [0.3, 0.4) is 0 Å². The lowest BCUT2D eigenvalue weighted by molar-refractivity contribution is -0.125. The van der Waals surface area contributed by atoms with E-state index in [1.807, 2.05) is 41.1 Å². The average molecular weight is 424 g/mol. The molecule has 4 N–H and O–H groups in total. The zero-order chi connectivity index (χ0) is 20.7. The van der Waals surface area contributed by atoms with E-state index in [4.69, 9.17) is 16.6 Å². The number of nitrogens with zero attached hydrogens (tertiary/aromatic N) is 3. The molecule has 0 saturated carbocycles. The number of aromatic nitrogens is 4. The number of para-hydroxylation sites is 1. The van der Waals surface area contributed by atoms with Gasteiger partial charge in [-0.1, -0.05) is 29.8 Å². The number of imidazole rings is 1. The molecule has 154 valence electrons. The first-order valence-corrected chi connectivity index (χ1v) is 10.3. The van der Waals surface area contributed by atoms with E-state index in [0.29, 0.717) is 35.3 Å². The van der Waals surface area contributed by atoms with Crippen molar-refractivity contribution in [2.24, 2.45) is 5.92 Å². The lowest BCUT2D eigenvalue weighted by atomic mass is 9.95. The Kier molecular flexibility index (Phi) is 4.80. The molecule has 1 aliphatic heterocycles. The number of rotatable bonds is 4. The highest BCUT2D eigenvalue weighted by molar-refractivity contribution is 6.32. The lowest BCUT2D eigenvalue weighted by Gasteiger charge is -2.30. The van der Waals surface area contributed by atoms with E-state index in [1.165, 1.54) is 0 Å². The summed E-state index contributed by atoms with van der Waals surface area (Å²) in [5.41, 5.74) is 3.29. The molecule has 30 heavy (non-hydrogen) atoms. The second kappa shape index (κ2) is 7.62. The molecule has 5 rings (SSSR count). The molecule has 4 heterocycles. The number of hydrogen-bond donors (Lipinski definition) is 4. The number of hydrogen-bond acceptors (Lipinski definition) is 5. The smallest absolute Gasteiger partial charge is 0.224 e. The molecule has 1 aliphatic rings. The number of fused-ring (bicyclic) bond motifs is 2. The Labute approximate surface area is 178 Å². The van der Waals surface area contributed by atoms with E-state index in [1.54, 1.807) is 13.2 Å². The fraction of sp³-hybridized carbons (Fsp3) is 0.286. The van der Waals surface area contributed by atoms with E-state index < -0.39 is 0 Å². The second-order valence-electron chi connectivity index (χ2n) is 7.51. The van der Waals surface area contributed by atoms with Crippen LogP contribution in [0.5, 0.6) is 0 Å². The third-order valence-electron chi connectivity index (χ3n) is 5.64. The van der Waals surface area contributed by atoms with Crippen molar-refractivity contribution in [1.82, 2.24) is 30.0 Å². The van der Waals surface area contributed by atoms with Gasteiger partial charge in [0.2, 0.25) is 5.91 Å². The first-order chi connectivity index (χ1) is 14.7. The van der Waals surface area contributed by atoms with Gasteiger partial charge in [-0.25, -0.2) is 9.97 Å². The molecule has 8 nitrogen and oxygen atoms in total. The average Bonchev–Trinajstić information content (AvgIpc) is 3.43. The van der Waals surface area contributed by atoms with Gasteiger partial charge in [0.25, 0.3) is 0 Å². The van der Waals surface area contributed by atoms with Crippen molar-refractivity contribution < 1.29 is 4.79 Å². The highest BCUT2D eigenvalue weighted by atomic mass is 35.5. The number of halogens is 1. The van der Waals surface area contributed by atoms with Crippen molar-refractivity contribution >= 4 is 39.9 Å². The molecule has 9 heteroatoms. The van der Waals surface area contributed by atoms with Gasteiger partial charge in [0.05, 0.1) is 5.92 Å². The SMILES string of the molecule is CNC(=O)[C@@H]1CNC[C@@H](Nc2nc(-c3c[nH]c4ccccc34)c(Cl)n3ccnc23)C1. The first-order valence-electron chi connectivity index (χ1n) is 9.93. The van der Waals surface area contributed by atoms with Crippen LogP contribution in [0.4, 0.5) is 5.82 Å². The number of aromatic amines is 1. The molecule has 4 aromatic rings. The normalized spacial score (nSPS) is 19.3. The van der Waals surface area contributed by atoms with Crippen molar-refractivity contribution in [2.75, 3.05) is 25.5 Å². The zero-order valence-electron chi connectivity index (χ0n) is 16.4. The molecule has 0 radical (unpaired) electrons. The van der Waals surface area contributed by atoms with Gasteiger partial charge in [-0.15, -0.1) is 0 Å². The number of carbonyl (C=O) groups is 1. The number of anilines is 1. The maximum Gasteiger partial charge on any atom is 0.224 e. The van der Waals surface area contributed by atoms with Crippen molar-refractivity contribution in [3.05, 3.63) is 48.0 Å². The molecule has 1 fully saturated rings. The zero-order valence-corrected chi connectivity index (χ0v) is 17.2. The number of H-pyrrole nitrogens is 1. The van der Waals surface area contributed by atoms with Crippen molar-refractivity contribution in [3.8, 4) is 11.3 Å². The number of amides is 1. The maximum absolute atomic E-state index is 12.1. The summed E-state index contributed by atoms with van der Waals surface area (Å²) in [5.74, 6) is 0.606. The monoisotopic (exact) mass is 423 g/mol. The fourth-order valence-electron chi connectivity index (χ4n) is 4.14. The van der Waals surface area contributed by atoms with Gasteiger partial charge in [0, 0.05) is 61.2 Å². The van der Waals surface area contributed by atoms with Gasteiger partial charge in [-0.05, 0) is 12.5 Å². The Morgan fingerprint density at radius 1 is 1.30 bits per heavy atom. The minimum atomic E-state index is -0.0857. The molecule has 2 atom stereocenters. The molecule has 0 bridgehead atoms. The van der Waals surface area contributed by atoms with Crippen LogP contribution in [0.2, 0.25) is 5.15 Å². The highest BCUT2D eigenvalue weighted by Gasteiger charge is 2.28. The van der Waals surface area contributed by atoms with Crippen LogP contribution in [0.25, 0.3) is 27.8 Å². The largest absolute Gasteiger partial charge is 0.363 e. The molecule has 0 spiro atoms. The van der Waals surface area contributed by atoms with E-state index in [2.05, 4.69) is 25.9 Å². The summed E-state index contributed by atoms with van der Waals surface area (Å²) in [6.45, 7) is 1.42. The van der Waals surface area contributed by atoms with Crippen LogP contribution < -0.4 is 16.0 Å². The Bertz CT molecular complexity index is 1230. The molecule has 1 amide bonds. The molecule has 1 aromatic carbocycles. The van der Waals surface area contributed by atoms with Crippen LogP contribution in [0.15, 0.2) is 42.9 Å². The van der Waals surface area contributed by atoms with Crippen molar-refractivity contribution in [2.45, 2.75) is 12.5 Å². The number of carbonyl (C=O) groups excluding carboxylic acids is 1. The Morgan fingerprint density at radius 2 is 2.17 bits per heavy atom. The fourth-order valence-corrected chi connectivity index (χ4v) is 4.42. The summed E-state index contributed by atoms with van der Waals surface area (Å²) in [5, 5.41) is 11.1. The summed E-state index contributed by atoms with van der Waals surface area (Å²) in [6, 6.07) is 8.10. The minimum absolute atomic E-state index is 0.0449. The van der Waals surface area contributed by atoms with Gasteiger partial charge in [-0.3, -0.25) is 9.20 Å². The Morgan fingerprint density at radius 3 is 3.03 bits per heavy atom. The van der Waals surface area contributed by atoms with Gasteiger partial charge in [-0.2, -0.15) is 0 Å². The van der Waals surface area contributed by atoms with Gasteiger partial charge < -0.3 is 20.9 Å². The summed E-state index contributed by atoms with van der Waals surface area (Å²) >= 11 is 6.73. The predicted octanol–water partition coefficient (Wildman–Crippen LogP) is 2.67. The minimum Gasteiger partial charge on any atom is -0.363 e. The number of benzene rings is 1. The van der Waals surface area contributed by atoms with Gasteiger partial charge in [0.15, 0.2) is 11.5 Å². The summed E-state index contributed by atoms with van der Waals surface area (Å²) in [6.07, 6.45) is 6.18. The third-order valence-corrected chi connectivity index (χ3v) is 6.00. The third kappa shape index (κ3) is 3.18. The summed E-state index contributed by atoms with van der Waals surface area (Å²) in [7, 11) is 1.67. The molecule has 0 unspecified atom stereocenters. The molecule has 3 aromatic heterocycles. The van der Waals surface area contributed by atoms with Crippen molar-refractivity contribution in [3.63, 3.8) is 0 Å². The van der Waals surface area contributed by atoms with E-state index >= 15 is 0 Å². The molecule has 1 saturated heterocycles. The topological polar surface area (TPSA) is 99.1 Å². The van der Waals surface area contributed by atoms with Gasteiger partial charge in [0.1, 0.15) is 10.8 Å². The van der Waals surface area contributed by atoms with Crippen LogP contribution >= 0.6 is 11.6 Å². The Balaban J connectivity index is 1.55. The molecular formula is C21H22ClN7O. The van der Waals surface area contributed by atoms with Crippen LogP contribution in [-0.4, -0.2) is 51.4 Å². The van der Waals surface area contributed by atoms with Gasteiger partial charge >= 0.3 is 0 Å². The van der Waals surface area contributed by atoms with E-state index in [0.717, 1.165) is 23.0 Å². The highest BCUT2D eigenvalue weighted by Crippen LogP contribution is 2.34. The molecule has 0 aliphatic carbocycles. The van der Waals surface area contributed by atoms with Crippen molar-refractivity contribution in [1.29, 1.82) is 0 Å². The quantitative estimate of drug-likeness (QED) is 0.404. The number of piperidine rings is 1. The molecular weight excluding hydrogens is 402 g/mol. The predicted molar refractivity (Wildman–Crippen MR) is 118 cm³/mol. The number of nitrogens with one attached hydrogen (secondary N) is 4. The van der Waals surface area contributed by atoms with E-state index in [-0.39, 0.29) is 17.9 Å². The standard InChI is InChI=1S/C21H22ClN7O/c1-23-21(30)12-8-13(10-24-9-12)27-19-20-25-6-7-29(20)18(22)17(28-19)15-11-26-16-5-3-2-4-14(15)16/h2-7,11-13,24,26H,8-10H2,1H3,(H,23,30)(H,27,28)/t12-,13-/m0/s1. The Hall–Kier alpha value is -3.10. The first kappa shape index (κ1) is 18.9. The maximum atomic E-state index is 12.1. The van der Waals surface area contributed by atoms with Crippen LogP contribution in [0, 0.1) is 5.92 Å². The van der Waals surface area contributed by atoms with Crippen LogP contribution in [0.1, 0.15) is 6.42 Å². The summed E-state index contributed by atoms with van der Waals surface area (Å²) in [4.78, 5) is 24.7.